The molecule has 10 heteroatoms. The van der Waals surface area contributed by atoms with Gasteiger partial charge in [-0.1, -0.05) is 0 Å². The summed E-state index contributed by atoms with van der Waals surface area (Å²) in [5, 5.41) is 3.60. The maximum absolute atomic E-state index is 12.9. The van der Waals surface area contributed by atoms with Gasteiger partial charge in [-0.3, -0.25) is 9.59 Å². The molecule has 0 aliphatic carbocycles. The number of ether oxygens (including phenoxy) is 1. The number of anilines is 1. The quantitative estimate of drug-likeness (QED) is 0.615. The topological polar surface area (TPSA) is 104 Å². The molecule has 2 N–H and O–H groups in total. The van der Waals surface area contributed by atoms with E-state index in [1.54, 1.807) is 13.0 Å². The predicted molar refractivity (Wildman–Crippen MR) is 111 cm³/mol. The minimum atomic E-state index is -0.515. The predicted octanol–water partition coefficient (Wildman–Crippen LogP) is 2.76. The fraction of sp³-hybridized carbons (Fsp3) is 0.333. The van der Waals surface area contributed by atoms with Gasteiger partial charge >= 0.3 is 5.97 Å². The summed E-state index contributed by atoms with van der Waals surface area (Å²) in [6, 6.07) is 1.67. The van der Waals surface area contributed by atoms with Crippen molar-refractivity contribution in [2.75, 3.05) is 26.5 Å². The van der Waals surface area contributed by atoms with Crippen molar-refractivity contribution in [3.05, 3.63) is 43.1 Å². The fourth-order valence-electron chi connectivity index (χ4n) is 2.81. The molecule has 3 rings (SSSR count). The second-order valence-corrected chi connectivity index (χ2v) is 8.79. The maximum Gasteiger partial charge on any atom is 0.340 e. The van der Waals surface area contributed by atoms with Gasteiger partial charge in [0, 0.05) is 4.88 Å². The van der Waals surface area contributed by atoms with Crippen LogP contribution in [0.3, 0.4) is 0 Å². The number of nitrogens with zero attached hydrogens (tertiary/aromatic N) is 2. The van der Waals surface area contributed by atoms with Gasteiger partial charge in [-0.2, -0.15) is 0 Å². The zero-order valence-corrected chi connectivity index (χ0v) is 17.8. The van der Waals surface area contributed by atoms with Gasteiger partial charge in [-0.25, -0.2) is 9.78 Å². The molecule has 0 saturated heterocycles. The monoisotopic (exact) mass is 420 g/mol. The molecule has 0 fully saturated rings. The van der Waals surface area contributed by atoms with E-state index in [4.69, 9.17) is 4.74 Å². The molecule has 0 saturated carbocycles. The maximum atomic E-state index is 12.9. The number of carbonyl (C=O) groups is 2. The third-order valence-electron chi connectivity index (χ3n) is 4.01. The van der Waals surface area contributed by atoms with E-state index in [1.165, 1.54) is 18.4 Å². The Bertz CT molecular complexity index is 1130. The summed E-state index contributed by atoms with van der Waals surface area (Å²) in [5.74, 6) is -0.363. The Labute approximate surface area is 169 Å². The molecule has 3 heterocycles. The Hall–Kier alpha value is -2.56. The van der Waals surface area contributed by atoms with Crippen molar-refractivity contribution in [2.24, 2.45) is 0 Å². The van der Waals surface area contributed by atoms with E-state index >= 15 is 0 Å². The number of H-pyrrole nitrogens is 1. The van der Waals surface area contributed by atoms with E-state index in [0.29, 0.717) is 43.6 Å². The van der Waals surface area contributed by atoms with Crippen LogP contribution in [0, 0.1) is 13.8 Å². The van der Waals surface area contributed by atoms with Crippen LogP contribution in [0.2, 0.25) is 0 Å². The summed E-state index contributed by atoms with van der Waals surface area (Å²) in [6.45, 7) is 4.05. The molecule has 0 radical (unpaired) electrons. The van der Waals surface area contributed by atoms with Crippen LogP contribution in [0.1, 0.15) is 36.3 Å². The number of nitrogens with one attached hydrogen (secondary N) is 2. The normalized spacial score (nSPS) is 11.2. The van der Waals surface area contributed by atoms with Crippen molar-refractivity contribution in [3.8, 4) is 0 Å². The van der Waals surface area contributed by atoms with Crippen molar-refractivity contribution in [1.29, 1.82) is 0 Å². The molecule has 0 aliphatic heterocycles. The number of fused-ring (bicyclic) bond motifs is 1. The molecular formula is C18H20N4O4S2. The third-order valence-corrected chi connectivity index (χ3v) is 6.16. The Morgan fingerprint density at radius 1 is 1.29 bits per heavy atom. The van der Waals surface area contributed by atoms with Crippen molar-refractivity contribution < 1.29 is 14.3 Å². The van der Waals surface area contributed by atoms with Crippen molar-refractivity contribution >= 4 is 49.8 Å². The molecule has 8 nitrogen and oxygen atoms in total. The zero-order chi connectivity index (χ0) is 20.6. The molecule has 148 valence electrons. The summed E-state index contributed by atoms with van der Waals surface area (Å²) in [4.78, 5) is 48.2. The standard InChI is InChI=1S/C18H20N4O4S2/c1-8-6-10(18(25)26-5)16(27-8)21-15(24)13-9(2)12-14(23)19-11(7-22(3)4)20-17(12)28-13/h6H,7H2,1-5H3,(H,21,24)(H,19,20,23). The van der Waals surface area contributed by atoms with Gasteiger partial charge in [0.05, 0.1) is 29.5 Å². The first-order chi connectivity index (χ1) is 13.2. The Morgan fingerprint density at radius 2 is 2.00 bits per heavy atom. The van der Waals surface area contributed by atoms with Crippen molar-refractivity contribution in [3.63, 3.8) is 0 Å². The third kappa shape index (κ3) is 3.84. The lowest BCUT2D eigenvalue weighted by molar-refractivity contribution is 0.0602. The van der Waals surface area contributed by atoms with Gasteiger partial charge in [0.25, 0.3) is 11.5 Å². The molecule has 0 unspecified atom stereocenters. The number of amides is 1. The lowest BCUT2D eigenvalue weighted by Gasteiger charge is -2.07. The molecule has 0 spiro atoms. The van der Waals surface area contributed by atoms with Crippen molar-refractivity contribution in [2.45, 2.75) is 20.4 Å². The van der Waals surface area contributed by atoms with Crippen molar-refractivity contribution in [1.82, 2.24) is 14.9 Å². The average Bonchev–Trinajstić information content (AvgIpc) is 3.13. The largest absolute Gasteiger partial charge is 0.465 e. The average molecular weight is 421 g/mol. The smallest absolute Gasteiger partial charge is 0.340 e. The number of thiophene rings is 2. The summed E-state index contributed by atoms with van der Waals surface area (Å²) in [6.07, 6.45) is 0. The Kier molecular flexibility index (Phi) is 5.64. The summed E-state index contributed by atoms with van der Waals surface area (Å²) in [5.41, 5.74) is 0.605. The number of hydrogen-bond donors (Lipinski definition) is 2. The van der Waals surface area contributed by atoms with Gasteiger partial charge in [-0.15, -0.1) is 22.7 Å². The van der Waals surface area contributed by atoms with E-state index in [1.807, 2.05) is 25.9 Å². The summed E-state index contributed by atoms with van der Waals surface area (Å²) >= 11 is 2.45. The van der Waals surface area contributed by atoms with Gasteiger partial charge in [0.2, 0.25) is 0 Å². The van der Waals surface area contributed by atoms with Crippen LogP contribution in [-0.2, 0) is 11.3 Å². The highest BCUT2D eigenvalue weighted by molar-refractivity contribution is 7.21. The van der Waals surface area contributed by atoms with Crippen LogP contribution in [0.15, 0.2) is 10.9 Å². The molecule has 3 aromatic heterocycles. The Balaban J connectivity index is 1.99. The first-order valence-electron chi connectivity index (χ1n) is 8.38. The first kappa shape index (κ1) is 20.2. The minimum absolute atomic E-state index is 0.267. The Morgan fingerprint density at radius 3 is 2.64 bits per heavy atom. The molecule has 28 heavy (non-hydrogen) atoms. The van der Waals surface area contributed by atoms with E-state index in [0.717, 1.165) is 16.2 Å². The van der Waals surface area contributed by atoms with Gasteiger partial charge < -0.3 is 19.9 Å². The highest BCUT2D eigenvalue weighted by Crippen LogP contribution is 2.31. The minimum Gasteiger partial charge on any atom is -0.465 e. The van der Waals surface area contributed by atoms with Crippen LogP contribution in [0.5, 0.6) is 0 Å². The number of hydrogen-bond acceptors (Lipinski definition) is 8. The molecular weight excluding hydrogens is 400 g/mol. The van der Waals surface area contributed by atoms with Crippen LogP contribution < -0.4 is 10.9 Å². The van der Waals surface area contributed by atoms with Crippen LogP contribution in [0.25, 0.3) is 10.2 Å². The first-order valence-corrected chi connectivity index (χ1v) is 10.0. The number of methoxy groups -OCH3 is 1. The van der Waals surface area contributed by atoms with Crippen LogP contribution in [-0.4, -0.2) is 47.9 Å². The number of aromatic amines is 1. The molecule has 3 aromatic rings. The fourth-order valence-corrected chi connectivity index (χ4v) is 4.80. The van der Waals surface area contributed by atoms with E-state index in [2.05, 4.69) is 15.3 Å². The highest BCUT2D eigenvalue weighted by Gasteiger charge is 2.22. The number of aryl methyl sites for hydroxylation is 2. The molecule has 0 aliphatic rings. The second-order valence-electron chi connectivity index (χ2n) is 6.53. The molecule has 1 amide bonds. The molecule has 0 atom stereocenters. The van der Waals surface area contributed by atoms with Gasteiger partial charge in [0.15, 0.2) is 0 Å². The van der Waals surface area contributed by atoms with E-state index in [-0.39, 0.29) is 11.5 Å². The zero-order valence-electron chi connectivity index (χ0n) is 16.1. The van der Waals surface area contributed by atoms with E-state index in [9.17, 15) is 14.4 Å². The summed E-state index contributed by atoms with van der Waals surface area (Å²) < 4.78 is 4.77. The van der Waals surface area contributed by atoms with Gasteiger partial charge in [-0.05, 0) is 39.6 Å². The van der Waals surface area contributed by atoms with E-state index < -0.39 is 5.97 Å². The summed E-state index contributed by atoms with van der Waals surface area (Å²) in [7, 11) is 5.05. The number of carbonyl (C=O) groups excluding carboxylic acids is 2. The highest BCUT2D eigenvalue weighted by atomic mass is 32.1. The number of esters is 1. The molecule has 0 bridgehead atoms. The van der Waals surface area contributed by atoms with Crippen LogP contribution >= 0.6 is 22.7 Å². The van der Waals surface area contributed by atoms with Crippen LogP contribution in [0.4, 0.5) is 5.00 Å². The van der Waals surface area contributed by atoms with Gasteiger partial charge in [0.1, 0.15) is 15.7 Å². The SMILES string of the molecule is COC(=O)c1cc(C)sc1NC(=O)c1sc2nc(CN(C)C)[nH]c(=O)c2c1C. The lowest BCUT2D eigenvalue weighted by atomic mass is 10.2. The number of rotatable bonds is 5. The number of aromatic nitrogens is 2. The lowest BCUT2D eigenvalue weighted by Crippen LogP contribution is -2.18. The molecule has 0 aromatic carbocycles. The second kappa shape index (κ2) is 7.82.